The number of phenols is 1. The van der Waals surface area contributed by atoms with Crippen molar-refractivity contribution in [2.24, 2.45) is 0 Å². The maximum Gasteiger partial charge on any atom is 0.115 e. The minimum Gasteiger partial charge on any atom is -0.508 e. The van der Waals surface area contributed by atoms with Gasteiger partial charge in [-0.1, -0.05) is 12.1 Å². The molecule has 0 bridgehead atoms. The van der Waals surface area contributed by atoms with Crippen LogP contribution in [0, 0.1) is 0 Å². The maximum atomic E-state index is 9.45. The third kappa shape index (κ3) is 3.67. The molecule has 1 fully saturated rings. The second kappa shape index (κ2) is 6.50. The van der Waals surface area contributed by atoms with Gasteiger partial charge in [0.2, 0.25) is 0 Å². The van der Waals surface area contributed by atoms with Crippen LogP contribution in [0.4, 0.5) is 11.4 Å². The number of hydrogen-bond acceptors (Lipinski definition) is 4. The molecule has 0 atom stereocenters. The molecule has 0 radical (unpaired) electrons. The molecular formula is C17H21N3O. The molecule has 3 N–H and O–H groups in total. The highest BCUT2D eigenvalue weighted by Crippen LogP contribution is 2.19. The molecule has 2 aromatic carbocycles. The standard InChI is InChI=1S/C17H21N3O/c21-17-3-1-2-14(12-17)13-19-15-4-6-16(7-5-15)20-10-8-18-9-11-20/h1-7,12,18-19,21H,8-11,13H2. The largest absolute Gasteiger partial charge is 0.508 e. The Kier molecular flexibility index (Phi) is 4.26. The van der Waals surface area contributed by atoms with Gasteiger partial charge in [-0.25, -0.2) is 0 Å². The number of piperazine rings is 1. The molecule has 1 heterocycles. The van der Waals surface area contributed by atoms with E-state index in [1.165, 1.54) is 5.69 Å². The topological polar surface area (TPSA) is 47.5 Å². The van der Waals surface area contributed by atoms with Crippen LogP contribution in [0.3, 0.4) is 0 Å². The average molecular weight is 283 g/mol. The number of rotatable bonds is 4. The fourth-order valence-corrected chi connectivity index (χ4v) is 2.58. The fraction of sp³-hybridized carbons (Fsp3) is 0.294. The lowest BCUT2D eigenvalue weighted by Gasteiger charge is -2.29. The van der Waals surface area contributed by atoms with E-state index in [9.17, 15) is 5.11 Å². The van der Waals surface area contributed by atoms with Crippen molar-refractivity contribution in [1.29, 1.82) is 0 Å². The minimum atomic E-state index is 0.309. The zero-order valence-electron chi connectivity index (χ0n) is 12.0. The molecule has 0 aromatic heterocycles. The summed E-state index contributed by atoms with van der Waals surface area (Å²) >= 11 is 0. The highest BCUT2D eigenvalue weighted by Gasteiger charge is 2.09. The molecule has 0 amide bonds. The summed E-state index contributed by atoms with van der Waals surface area (Å²) in [4.78, 5) is 2.40. The van der Waals surface area contributed by atoms with Crippen molar-refractivity contribution in [2.75, 3.05) is 36.4 Å². The molecule has 2 aromatic rings. The highest BCUT2D eigenvalue weighted by atomic mass is 16.3. The Bertz CT molecular complexity index is 577. The molecule has 4 nitrogen and oxygen atoms in total. The van der Waals surface area contributed by atoms with Crippen LogP contribution in [0.25, 0.3) is 0 Å². The molecule has 110 valence electrons. The van der Waals surface area contributed by atoms with Gasteiger partial charge in [-0.2, -0.15) is 0 Å². The summed E-state index contributed by atoms with van der Waals surface area (Å²) < 4.78 is 0. The zero-order valence-corrected chi connectivity index (χ0v) is 12.0. The molecular weight excluding hydrogens is 262 g/mol. The van der Waals surface area contributed by atoms with E-state index in [1.807, 2.05) is 12.1 Å². The van der Waals surface area contributed by atoms with Crippen LogP contribution in [-0.4, -0.2) is 31.3 Å². The summed E-state index contributed by atoms with van der Waals surface area (Å²) in [5.74, 6) is 0.309. The summed E-state index contributed by atoms with van der Waals surface area (Å²) in [6, 6.07) is 15.9. The Morgan fingerprint density at radius 2 is 1.81 bits per heavy atom. The molecule has 0 saturated carbocycles. The summed E-state index contributed by atoms with van der Waals surface area (Å²) in [6.45, 7) is 4.95. The summed E-state index contributed by atoms with van der Waals surface area (Å²) in [7, 11) is 0. The normalized spacial score (nSPS) is 15.0. The second-order valence-corrected chi connectivity index (χ2v) is 5.31. The van der Waals surface area contributed by atoms with Crippen LogP contribution in [0.2, 0.25) is 0 Å². The first-order chi connectivity index (χ1) is 10.3. The zero-order chi connectivity index (χ0) is 14.5. The third-order valence-corrected chi connectivity index (χ3v) is 3.76. The average Bonchev–Trinajstić information content (AvgIpc) is 2.54. The minimum absolute atomic E-state index is 0.309. The van der Waals surface area contributed by atoms with Gasteiger partial charge in [0.15, 0.2) is 0 Å². The van der Waals surface area contributed by atoms with Crippen molar-refractivity contribution in [2.45, 2.75) is 6.54 Å². The van der Waals surface area contributed by atoms with Crippen LogP contribution >= 0.6 is 0 Å². The molecule has 1 aliphatic rings. The Balaban J connectivity index is 1.59. The van der Waals surface area contributed by atoms with E-state index in [-0.39, 0.29) is 0 Å². The first kappa shape index (κ1) is 13.8. The molecule has 4 heteroatoms. The maximum absolute atomic E-state index is 9.45. The predicted molar refractivity (Wildman–Crippen MR) is 87.0 cm³/mol. The lowest BCUT2D eigenvalue weighted by Crippen LogP contribution is -2.43. The molecule has 0 unspecified atom stereocenters. The highest BCUT2D eigenvalue weighted by molar-refractivity contribution is 5.55. The number of nitrogens with one attached hydrogen (secondary N) is 2. The second-order valence-electron chi connectivity index (χ2n) is 5.31. The summed E-state index contributed by atoms with van der Waals surface area (Å²) in [6.07, 6.45) is 0. The van der Waals surface area contributed by atoms with E-state index in [0.717, 1.165) is 37.4 Å². The van der Waals surface area contributed by atoms with Crippen molar-refractivity contribution >= 4 is 11.4 Å². The van der Waals surface area contributed by atoms with E-state index in [1.54, 1.807) is 12.1 Å². The van der Waals surface area contributed by atoms with Crippen LogP contribution in [0.15, 0.2) is 48.5 Å². The van der Waals surface area contributed by atoms with Crippen molar-refractivity contribution < 1.29 is 5.11 Å². The number of aromatic hydroxyl groups is 1. The summed E-state index contributed by atoms with van der Waals surface area (Å²) in [5, 5.41) is 16.2. The Morgan fingerprint density at radius 1 is 1.05 bits per heavy atom. The Morgan fingerprint density at radius 3 is 2.52 bits per heavy atom. The monoisotopic (exact) mass is 283 g/mol. The van der Waals surface area contributed by atoms with Crippen LogP contribution in [0.1, 0.15) is 5.56 Å². The van der Waals surface area contributed by atoms with Gasteiger partial charge in [0, 0.05) is 44.1 Å². The molecule has 21 heavy (non-hydrogen) atoms. The van der Waals surface area contributed by atoms with Gasteiger partial charge in [-0.3, -0.25) is 0 Å². The smallest absolute Gasteiger partial charge is 0.115 e. The number of benzene rings is 2. The molecule has 1 aliphatic heterocycles. The molecule has 1 saturated heterocycles. The molecule has 3 rings (SSSR count). The first-order valence-electron chi connectivity index (χ1n) is 7.39. The SMILES string of the molecule is Oc1cccc(CNc2ccc(N3CCNCC3)cc2)c1. The number of hydrogen-bond donors (Lipinski definition) is 3. The van der Waals surface area contributed by atoms with Crippen LogP contribution < -0.4 is 15.5 Å². The van der Waals surface area contributed by atoms with Crippen molar-refractivity contribution in [3.63, 3.8) is 0 Å². The van der Waals surface area contributed by atoms with Gasteiger partial charge in [0.25, 0.3) is 0 Å². The van der Waals surface area contributed by atoms with E-state index < -0.39 is 0 Å². The quantitative estimate of drug-likeness (QED) is 0.806. The van der Waals surface area contributed by atoms with Gasteiger partial charge in [-0.15, -0.1) is 0 Å². The lowest BCUT2D eigenvalue weighted by atomic mass is 10.2. The van der Waals surface area contributed by atoms with E-state index in [2.05, 4.69) is 39.8 Å². The van der Waals surface area contributed by atoms with E-state index >= 15 is 0 Å². The number of phenolic OH excluding ortho intramolecular Hbond substituents is 1. The van der Waals surface area contributed by atoms with E-state index in [0.29, 0.717) is 12.3 Å². The predicted octanol–water partition coefficient (Wildman–Crippen LogP) is 2.41. The molecule has 0 spiro atoms. The van der Waals surface area contributed by atoms with Gasteiger partial charge < -0.3 is 20.6 Å². The Hall–Kier alpha value is -2.20. The van der Waals surface area contributed by atoms with Gasteiger partial charge in [-0.05, 0) is 42.0 Å². The third-order valence-electron chi connectivity index (χ3n) is 3.76. The van der Waals surface area contributed by atoms with Crippen molar-refractivity contribution in [1.82, 2.24) is 5.32 Å². The molecule has 0 aliphatic carbocycles. The lowest BCUT2D eigenvalue weighted by molar-refractivity contribution is 0.474. The van der Waals surface area contributed by atoms with Crippen molar-refractivity contribution in [3.05, 3.63) is 54.1 Å². The van der Waals surface area contributed by atoms with E-state index in [4.69, 9.17) is 0 Å². The van der Waals surface area contributed by atoms with Gasteiger partial charge in [0.1, 0.15) is 5.75 Å². The fourth-order valence-electron chi connectivity index (χ4n) is 2.58. The number of anilines is 2. The van der Waals surface area contributed by atoms with Crippen molar-refractivity contribution in [3.8, 4) is 5.75 Å². The first-order valence-corrected chi connectivity index (χ1v) is 7.39. The van der Waals surface area contributed by atoms with Crippen LogP contribution in [-0.2, 0) is 6.54 Å². The number of nitrogens with zero attached hydrogens (tertiary/aromatic N) is 1. The van der Waals surface area contributed by atoms with Gasteiger partial charge in [0.05, 0.1) is 0 Å². The van der Waals surface area contributed by atoms with Gasteiger partial charge >= 0.3 is 0 Å². The Labute approximate surface area is 125 Å². The van der Waals surface area contributed by atoms with Crippen LogP contribution in [0.5, 0.6) is 5.75 Å². The summed E-state index contributed by atoms with van der Waals surface area (Å²) in [5.41, 5.74) is 3.44.